The highest BCUT2D eigenvalue weighted by molar-refractivity contribution is 5.96. The Morgan fingerprint density at radius 2 is 2.19 bits per heavy atom. The molecule has 1 aromatic carbocycles. The number of carbonyl (C=O) groups is 1. The number of morpholine rings is 1. The number of ether oxygens (including phenoxy) is 4. The monoisotopic (exact) mass is 494 g/mol. The molecule has 0 saturated carbocycles. The van der Waals surface area contributed by atoms with E-state index in [-0.39, 0.29) is 6.29 Å². The number of amides is 1. The topological polar surface area (TPSA) is 112 Å². The van der Waals surface area contributed by atoms with Crippen molar-refractivity contribution in [2.45, 2.75) is 19.3 Å². The molecule has 2 aliphatic heterocycles. The molecule has 1 unspecified atom stereocenters. The quantitative estimate of drug-likeness (QED) is 0.468. The summed E-state index contributed by atoms with van der Waals surface area (Å²) in [6, 6.07) is 7.25. The zero-order valence-corrected chi connectivity index (χ0v) is 20.5. The summed E-state index contributed by atoms with van der Waals surface area (Å²) in [6.45, 7) is 5.06. The van der Waals surface area contributed by atoms with Crippen LogP contribution in [0, 0.1) is 0 Å². The Hall–Kier alpha value is -3.54. The first kappa shape index (κ1) is 24.2. The van der Waals surface area contributed by atoms with Gasteiger partial charge in [-0.2, -0.15) is 4.99 Å². The summed E-state index contributed by atoms with van der Waals surface area (Å²) in [6.07, 6.45) is 3.77. The number of rotatable bonds is 8. The molecule has 2 aliphatic rings. The van der Waals surface area contributed by atoms with E-state index in [9.17, 15) is 4.79 Å². The van der Waals surface area contributed by atoms with E-state index in [1.54, 1.807) is 32.5 Å². The molecule has 3 aromatic rings. The summed E-state index contributed by atoms with van der Waals surface area (Å²) in [5, 5.41) is 4.26. The molecule has 11 nitrogen and oxygen atoms in total. The predicted octanol–water partition coefficient (Wildman–Crippen LogP) is 1.68. The molecule has 0 radical (unpaired) electrons. The summed E-state index contributed by atoms with van der Waals surface area (Å²) in [4.78, 5) is 28.1. The molecule has 36 heavy (non-hydrogen) atoms. The van der Waals surface area contributed by atoms with Crippen LogP contribution in [0.25, 0.3) is 10.9 Å². The maximum Gasteiger partial charge on any atom is 0.281 e. The van der Waals surface area contributed by atoms with E-state index >= 15 is 0 Å². The van der Waals surface area contributed by atoms with Crippen LogP contribution in [0.15, 0.2) is 41.7 Å². The van der Waals surface area contributed by atoms with Gasteiger partial charge in [0.2, 0.25) is 5.62 Å². The van der Waals surface area contributed by atoms with Crippen molar-refractivity contribution in [1.82, 2.24) is 19.4 Å². The van der Waals surface area contributed by atoms with Crippen LogP contribution in [0.5, 0.6) is 11.5 Å². The van der Waals surface area contributed by atoms with Gasteiger partial charge in [0, 0.05) is 57.6 Å². The van der Waals surface area contributed by atoms with E-state index in [1.165, 1.54) is 6.20 Å². The van der Waals surface area contributed by atoms with Gasteiger partial charge in [-0.25, -0.2) is 4.98 Å². The first-order chi connectivity index (χ1) is 17.7. The Morgan fingerprint density at radius 3 is 3.00 bits per heavy atom. The largest absolute Gasteiger partial charge is 0.491 e. The van der Waals surface area contributed by atoms with Crippen molar-refractivity contribution in [2.24, 2.45) is 4.99 Å². The highest BCUT2D eigenvalue weighted by atomic mass is 16.7. The van der Waals surface area contributed by atoms with Gasteiger partial charge in [0.15, 0.2) is 17.8 Å². The Labute approximate surface area is 208 Å². The summed E-state index contributed by atoms with van der Waals surface area (Å²) in [7, 11) is 3.25. The molecule has 0 spiro atoms. The van der Waals surface area contributed by atoms with Gasteiger partial charge in [-0.15, -0.1) is 0 Å². The number of fused-ring (bicyclic) bond motifs is 3. The third kappa shape index (κ3) is 5.03. The lowest BCUT2D eigenvalue weighted by atomic mass is 10.2. The number of pyridine rings is 1. The second-order valence-corrected chi connectivity index (χ2v) is 8.53. The average Bonchev–Trinajstić information content (AvgIpc) is 3.42. The van der Waals surface area contributed by atoms with E-state index in [2.05, 4.69) is 20.2 Å². The Balaban J connectivity index is 1.39. The molecule has 1 fully saturated rings. The van der Waals surface area contributed by atoms with Gasteiger partial charge in [-0.3, -0.25) is 19.2 Å². The smallest absolute Gasteiger partial charge is 0.281 e. The second kappa shape index (κ2) is 11.0. The first-order valence-corrected chi connectivity index (χ1v) is 12.0. The van der Waals surface area contributed by atoms with E-state index in [0.717, 1.165) is 43.8 Å². The Kier molecular flexibility index (Phi) is 7.40. The van der Waals surface area contributed by atoms with Crippen molar-refractivity contribution in [1.29, 1.82) is 0 Å². The second-order valence-electron chi connectivity index (χ2n) is 8.53. The first-order valence-electron chi connectivity index (χ1n) is 12.0. The lowest BCUT2D eigenvalue weighted by Gasteiger charge is -2.31. The number of anilines is 1. The minimum atomic E-state index is -0.401. The zero-order valence-electron chi connectivity index (χ0n) is 20.5. The standard InChI is InChI=1S/C25H30N6O5/c1-33-20-16-30(12-14-36-20)10-4-13-35-19-7-6-18-21(22(19)34-2)28-25(31-11-9-27-23(18)31)29-24(32)17-5-3-8-26-15-17/h3,5-8,15,20,27H,4,9-14,16H2,1-2H3. The predicted molar refractivity (Wildman–Crippen MR) is 132 cm³/mol. The highest BCUT2D eigenvalue weighted by Gasteiger charge is 2.22. The molecular formula is C25H30N6O5. The van der Waals surface area contributed by atoms with Gasteiger partial charge in [-0.1, -0.05) is 0 Å². The number of hydrogen-bond donors (Lipinski definition) is 1. The van der Waals surface area contributed by atoms with Gasteiger partial charge < -0.3 is 24.3 Å². The van der Waals surface area contributed by atoms with Gasteiger partial charge in [-0.05, 0) is 30.7 Å². The highest BCUT2D eigenvalue weighted by Crippen LogP contribution is 2.37. The van der Waals surface area contributed by atoms with Crippen LogP contribution in [-0.4, -0.2) is 85.2 Å². The molecular weight excluding hydrogens is 464 g/mol. The Bertz CT molecular complexity index is 1300. The van der Waals surface area contributed by atoms with Gasteiger partial charge in [0.25, 0.3) is 5.91 Å². The van der Waals surface area contributed by atoms with Crippen molar-refractivity contribution in [3.05, 3.63) is 47.8 Å². The van der Waals surface area contributed by atoms with Crippen molar-refractivity contribution in [3.63, 3.8) is 0 Å². The van der Waals surface area contributed by atoms with Gasteiger partial charge in [0.1, 0.15) is 11.3 Å². The van der Waals surface area contributed by atoms with Crippen molar-refractivity contribution < 1.29 is 23.7 Å². The van der Waals surface area contributed by atoms with Crippen LogP contribution in [0.1, 0.15) is 16.8 Å². The number of benzene rings is 1. The van der Waals surface area contributed by atoms with Crippen molar-refractivity contribution in [3.8, 4) is 11.5 Å². The summed E-state index contributed by atoms with van der Waals surface area (Å²) in [5.74, 6) is 1.56. The van der Waals surface area contributed by atoms with Crippen molar-refractivity contribution in [2.75, 3.05) is 58.9 Å². The van der Waals surface area contributed by atoms with Crippen molar-refractivity contribution >= 4 is 22.6 Å². The van der Waals surface area contributed by atoms with Crippen LogP contribution >= 0.6 is 0 Å². The van der Waals surface area contributed by atoms with Crippen LogP contribution < -0.4 is 20.4 Å². The maximum absolute atomic E-state index is 12.8. The fourth-order valence-corrected chi connectivity index (χ4v) is 4.47. The fourth-order valence-electron chi connectivity index (χ4n) is 4.47. The van der Waals surface area contributed by atoms with Crippen LogP contribution in [0.3, 0.4) is 0 Å². The number of carbonyl (C=O) groups excluding carboxylic acids is 1. The van der Waals surface area contributed by atoms with Gasteiger partial charge in [0.05, 0.1) is 25.9 Å². The molecule has 0 aliphatic carbocycles. The van der Waals surface area contributed by atoms with Crippen LogP contribution in [0.4, 0.5) is 5.82 Å². The molecule has 1 N–H and O–H groups in total. The van der Waals surface area contributed by atoms with E-state index < -0.39 is 5.91 Å². The number of aromatic nitrogens is 3. The summed E-state index contributed by atoms with van der Waals surface area (Å²) >= 11 is 0. The molecule has 1 saturated heterocycles. The van der Waals surface area contributed by atoms with E-state index in [1.807, 2.05) is 16.7 Å². The molecule has 0 bridgehead atoms. The minimum absolute atomic E-state index is 0.177. The Morgan fingerprint density at radius 1 is 1.28 bits per heavy atom. The molecule has 5 rings (SSSR count). The lowest BCUT2D eigenvalue weighted by molar-refractivity contribution is -0.164. The lowest BCUT2D eigenvalue weighted by Crippen LogP contribution is -2.43. The minimum Gasteiger partial charge on any atom is -0.491 e. The summed E-state index contributed by atoms with van der Waals surface area (Å²) < 4.78 is 24.6. The third-order valence-corrected chi connectivity index (χ3v) is 6.27. The molecule has 190 valence electrons. The molecule has 2 aromatic heterocycles. The molecule has 11 heteroatoms. The maximum atomic E-state index is 12.8. The summed E-state index contributed by atoms with van der Waals surface area (Å²) in [5.41, 5.74) is 1.30. The normalized spacial score (nSPS) is 18.2. The third-order valence-electron chi connectivity index (χ3n) is 6.27. The number of nitrogens with zero attached hydrogens (tertiary/aromatic N) is 5. The number of nitrogens with one attached hydrogen (secondary N) is 1. The number of hydrogen-bond acceptors (Lipinski definition) is 9. The fraction of sp³-hybridized carbons (Fsp3) is 0.440. The SMILES string of the molecule is COc1c(OCCCN2CCOC(OC)C2)ccc2c3n(c(=NC(=O)c4cccnc4)nc12)CCN3. The molecule has 4 heterocycles. The van der Waals surface area contributed by atoms with Gasteiger partial charge >= 0.3 is 0 Å². The van der Waals surface area contributed by atoms with Crippen LogP contribution in [-0.2, 0) is 16.0 Å². The van der Waals surface area contributed by atoms with Crippen LogP contribution in [0.2, 0.25) is 0 Å². The average molecular weight is 495 g/mol. The molecule has 1 atom stereocenters. The van der Waals surface area contributed by atoms with E-state index in [4.69, 9.17) is 23.9 Å². The number of methoxy groups -OCH3 is 2. The zero-order chi connectivity index (χ0) is 24.9. The molecule has 1 amide bonds. The van der Waals surface area contributed by atoms with E-state index in [0.29, 0.717) is 48.0 Å².